The number of hydrogen-bond acceptors (Lipinski definition) is 4. The molecule has 1 N–H and O–H groups in total. The number of carboxylic acid groups (broad SMARTS) is 1. The van der Waals surface area contributed by atoms with Crippen LogP contribution >= 0.6 is 0 Å². The van der Waals surface area contributed by atoms with Gasteiger partial charge in [-0.2, -0.15) is 5.26 Å². The maximum atomic E-state index is 14.8. The SMILES string of the molecule is Cc1ccn2c(CC3CN(C(=O)O)CCO3)c(-c3c(F)cc(C#N)cc3F)nc2c1. The van der Waals surface area contributed by atoms with Crippen molar-refractivity contribution in [2.24, 2.45) is 0 Å². The number of amides is 1. The van der Waals surface area contributed by atoms with Crippen LogP contribution in [0.25, 0.3) is 16.9 Å². The number of nitrogens with zero attached hydrogens (tertiary/aromatic N) is 4. The van der Waals surface area contributed by atoms with Gasteiger partial charge in [0.15, 0.2) is 0 Å². The molecule has 30 heavy (non-hydrogen) atoms. The average Bonchev–Trinajstić information content (AvgIpc) is 3.04. The van der Waals surface area contributed by atoms with Crippen LogP contribution in [0.1, 0.15) is 16.8 Å². The zero-order valence-corrected chi connectivity index (χ0v) is 16.1. The Kier molecular flexibility index (Phi) is 5.10. The number of rotatable bonds is 3. The Morgan fingerprint density at radius 3 is 2.77 bits per heavy atom. The van der Waals surface area contributed by atoms with Crippen LogP contribution in [0.2, 0.25) is 0 Å². The zero-order valence-electron chi connectivity index (χ0n) is 16.1. The fraction of sp³-hybridized carbons (Fsp3) is 0.286. The van der Waals surface area contributed by atoms with Crippen molar-refractivity contribution in [1.82, 2.24) is 14.3 Å². The van der Waals surface area contributed by atoms with Crippen molar-refractivity contribution in [2.75, 3.05) is 19.7 Å². The fourth-order valence-corrected chi connectivity index (χ4v) is 3.69. The number of aromatic nitrogens is 2. The topological polar surface area (TPSA) is 90.9 Å². The van der Waals surface area contributed by atoms with Gasteiger partial charge in [-0.1, -0.05) is 0 Å². The van der Waals surface area contributed by atoms with Crippen molar-refractivity contribution >= 4 is 11.7 Å². The van der Waals surface area contributed by atoms with Gasteiger partial charge in [-0.25, -0.2) is 18.6 Å². The van der Waals surface area contributed by atoms with E-state index in [-0.39, 0.29) is 42.9 Å². The lowest BCUT2D eigenvalue weighted by Crippen LogP contribution is -2.45. The van der Waals surface area contributed by atoms with Gasteiger partial charge in [-0.15, -0.1) is 0 Å². The van der Waals surface area contributed by atoms with Gasteiger partial charge in [-0.3, -0.25) is 0 Å². The van der Waals surface area contributed by atoms with Crippen LogP contribution in [0.15, 0.2) is 30.5 Å². The Balaban J connectivity index is 1.83. The average molecular weight is 412 g/mol. The molecule has 1 aliphatic heterocycles. The molecule has 3 aromatic rings. The van der Waals surface area contributed by atoms with Gasteiger partial charge in [0.25, 0.3) is 0 Å². The van der Waals surface area contributed by atoms with E-state index in [1.54, 1.807) is 22.7 Å². The first-order valence-electron chi connectivity index (χ1n) is 9.34. The number of fused-ring (bicyclic) bond motifs is 1. The third kappa shape index (κ3) is 3.57. The molecule has 0 spiro atoms. The maximum Gasteiger partial charge on any atom is 0.407 e. The van der Waals surface area contributed by atoms with Crippen molar-refractivity contribution in [3.8, 4) is 17.3 Å². The number of ether oxygens (including phenoxy) is 1. The Bertz CT molecular complexity index is 1160. The second-order valence-corrected chi connectivity index (χ2v) is 7.19. The molecule has 1 saturated heterocycles. The minimum absolute atomic E-state index is 0.108. The zero-order chi connectivity index (χ0) is 21.4. The molecule has 0 radical (unpaired) electrons. The summed E-state index contributed by atoms with van der Waals surface area (Å²) in [5.41, 5.74) is 1.60. The Labute approximate surface area is 170 Å². The highest BCUT2D eigenvalue weighted by molar-refractivity contribution is 5.69. The van der Waals surface area contributed by atoms with Crippen LogP contribution < -0.4 is 0 Å². The third-order valence-electron chi connectivity index (χ3n) is 5.12. The van der Waals surface area contributed by atoms with E-state index in [4.69, 9.17) is 10.00 Å². The van der Waals surface area contributed by atoms with Gasteiger partial charge in [0.05, 0.1) is 47.8 Å². The summed E-state index contributed by atoms with van der Waals surface area (Å²) in [4.78, 5) is 17.0. The molecule has 0 aliphatic carbocycles. The molecule has 3 heterocycles. The largest absolute Gasteiger partial charge is 0.465 e. The molecule has 154 valence electrons. The van der Waals surface area contributed by atoms with E-state index >= 15 is 0 Å². The predicted molar refractivity (Wildman–Crippen MR) is 103 cm³/mol. The number of pyridine rings is 1. The van der Waals surface area contributed by atoms with Gasteiger partial charge < -0.3 is 19.1 Å². The summed E-state index contributed by atoms with van der Waals surface area (Å²) in [5, 5.41) is 18.2. The van der Waals surface area contributed by atoms with Crippen LogP contribution in [0.3, 0.4) is 0 Å². The van der Waals surface area contributed by atoms with Crippen LogP contribution in [0.4, 0.5) is 13.6 Å². The number of hydrogen-bond donors (Lipinski definition) is 1. The molecule has 1 unspecified atom stereocenters. The van der Waals surface area contributed by atoms with E-state index in [9.17, 15) is 18.7 Å². The van der Waals surface area contributed by atoms with Crippen molar-refractivity contribution in [3.05, 3.63) is 58.9 Å². The summed E-state index contributed by atoms with van der Waals surface area (Å²) in [7, 11) is 0. The number of benzene rings is 1. The minimum Gasteiger partial charge on any atom is -0.465 e. The summed E-state index contributed by atoms with van der Waals surface area (Å²) in [5.74, 6) is -1.77. The van der Waals surface area contributed by atoms with Crippen LogP contribution in [-0.2, 0) is 11.2 Å². The van der Waals surface area contributed by atoms with Crippen molar-refractivity contribution < 1.29 is 23.4 Å². The van der Waals surface area contributed by atoms with Gasteiger partial charge >= 0.3 is 6.09 Å². The van der Waals surface area contributed by atoms with Gasteiger partial charge in [0, 0.05) is 19.2 Å². The minimum atomic E-state index is -1.04. The number of morpholine rings is 1. The lowest BCUT2D eigenvalue weighted by Gasteiger charge is -2.31. The van der Waals surface area contributed by atoms with Gasteiger partial charge in [0.2, 0.25) is 0 Å². The van der Waals surface area contributed by atoms with Crippen LogP contribution in [0.5, 0.6) is 0 Å². The van der Waals surface area contributed by atoms with E-state index in [0.29, 0.717) is 11.3 Å². The molecule has 7 nitrogen and oxygen atoms in total. The molecule has 1 amide bonds. The summed E-state index contributed by atoms with van der Waals surface area (Å²) in [6.45, 7) is 2.53. The van der Waals surface area contributed by atoms with E-state index in [1.807, 2.05) is 13.0 Å². The normalized spacial score (nSPS) is 16.6. The summed E-state index contributed by atoms with van der Waals surface area (Å²) >= 11 is 0. The molecule has 2 aromatic heterocycles. The summed E-state index contributed by atoms with van der Waals surface area (Å²) in [6.07, 6.45) is 0.441. The molecule has 0 saturated carbocycles. The lowest BCUT2D eigenvalue weighted by atomic mass is 10.0. The Hall–Kier alpha value is -3.51. The van der Waals surface area contributed by atoms with E-state index in [1.165, 1.54) is 4.90 Å². The lowest BCUT2D eigenvalue weighted by molar-refractivity contribution is -0.0214. The number of imidazole rings is 1. The Morgan fingerprint density at radius 2 is 2.10 bits per heavy atom. The summed E-state index contributed by atoms with van der Waals surface area (Å²) in [6, 6.07) is 7.31. The molecule has 1 aromatic carbocycles. The molecule has 4 rings (SSSR count). The molecular weight excluding hydrogens is 394 g/mol. The number of halogens is 2. The maximum absolute atomic E-state index is 14.8. The van der Waals surface area contributed by atoms with E-state index < -0.39 is 23.8 Å². The van der Waals surface area contributed by atoms with Crippen molar-refractivity contribution in [1.29, 1.82) is 5.26 Å². The van der Waals surface area contributed by atoms with Gasteiger partial charge in [-0.05, 0) is 36.8 Å². The second-order valence-electron chi connectivity index (χ2n) is 7.19. The number of nitriles is 1. The highest BCUT2D eigenvalue weighted by Crippen LogP contribution is 2.32. The molecular formula is C21H18F2N4O3. The van der Waals surface area contributed by atoms with E-state index in [0.717, 1.165) is 17.7 Å². The summed E-state index contributed by atoms with van der Waals surface area (Å²) < 4.78 is 37.0. The fourth-order valence-electron chi connectivity index (χ4n) is 3.69. The highest BCUT2D eigenvalue weighted by atomic mass is 19.1. The molecule has 0 bridgehead atoms. The van der Waals surface area contributed by atoms with E-state index in [2.05, 4.69) is 4.98 Å². The quantitative estimate of drug-likeness (QED) is 0.712. The number of carbonyl (C=O) groups is 1. The number of aryl methyl sites for hydroxylation is 1. The smallest absolute Gasteiger partial charge is 0.407 e. The van der Waals surface area contributed by atoms with Gasteiger partial charge in [0.1, 0.15) is 17.3 Å². The van der Waals surface area contributed by atoms with Crippen molar-refractivity contribution in [2.45, 2.75) is 19.4 Å². The first-order valence-corrected chi connectivity index (χ1v) is 9.34. The van der Waals surface area contributed by atoms with Crippen molar-refractivity contribution in [3.63, 3.8) is 0 Å². The molecule has 1 fully saturated rings. The standard InChI is InChI=1S/C21H18F2N4O3/c1-12-2-3-27-17(9-14-11-26(21(28)29)4-5-30-14)20(25-18(27)6-12)19-15(22)7-13(10-24)8-16(19)23/h2-3,6-8,14H,4-5,9,11H2,1H3,(H,28,29). The molecule has 9 heteroatoms. The monoisotopic (exact) mass is 412 g/mol. The first-order chi connectivity index (χ1) is 14.4. The molecule has 1 atom stereocenters. The van der Waals surface area contributed by atoms with Crippen LogP contribution in [0, 0.1) is 29.9 Å². The van der Waals surface area contributed by atoms with Crippen LogP contribution in [-0.4, -0.2) is 51.3 Å². The first kappa shape index (κ1) is 19.8. The Morgan fingerprint density at radius 1 is 1.37 bits per heavy atom. The predicted octanol–water partition coefficient (Wildman–Crippen LogP) is 3.38. The highest BCUT2D eigenvalue weighted by Gasteiger charge is 2.28. The third-order valence-corrected chi connectivity index (χ3v) is 5.12. The second kappa shape index (κ2) is 7.72. The molecule has 1 aliphatic rings.